The van der Waals surface area contributed by atoms with Crippen molar-refractivity contribution in [3.63, 3.8) is 0 Å². The molecule has 1 aromatic rings. The molecule has 1 aromatic carbocycles. The van der Waals surface area contributed by atoms with Crippen LogP contribution < -0.4 is 9.47 Å². The van der Waals surface area contributed by atoms with Gasteiger partial charge in [-0.2, -0.15) is 5.26 Å². The average molecular weight is 323 g/mol. The molecular weight excluding hydrogens is 310 g/mol. The van der Waals surface area contributed by atoms with E-state index in [0.717, 1.165) is 0 Å². The molecule has 0 bridgehead atoms. The summed E-state index contributed by atoms with van der Waals surface area (Å²) in [6, 6.07) is 6.43. The lowest BCUT2D eigenvalue weighted by molar-refractivity contribution is -0.141. The summed E-state index contributed by atoms with van der Waals surface area (Å²) in [7, 11) is -3.68. The Labute approximate surface area is 127 Å². The molecule has 0 aromatic heterocycles. The van der Waals surface area contributed by atoms with Crippen LogP contribution in [0, 0.1) is 16.7 Å². The van der Waals surface area contributed by atoms with E-state index in [4.69, 9.17) is 9.47 Å². The first-order chi connectivity index (χ1) is 10.4. The summed E-state index contributed by atoms with van der Waals surface area (Å²) in [5.41, 5.74) is -1.49. The number of benzene rings is 1. The zero-order valence-electron chi connectivity index (χ0n) is 11.6. The van der Waals surface area contributed by atoms with Crippen molar-refractivity contribution in [3.8, 4) is 17.6 Å². The molecule has 1 saturated carbocycles. The number of nitriles is 1. The van der Waals surface area contributed by atoms with Crippen LogP contribution in [0.4, 0.5) is 0 Å². The van der Waals surface area contributed by atoms with Crippen LogP contribution in [0.3, 0.4) is 0 Å². The number of carbonyl (C=O) groups is 1. The minimum Gasteiger partial charge on any atom is -0.480 e. The summed E-state index contributed by atoms with van der Waals surface area (Å²) in [4.78, 5) is 11.6. The van der Waals surface area contributed by atoms with E-state index in [9.17, 15) is 23.6 Å². The first kappa shape index (κ1) is 14.7. The van der Waals surface area contributed by atoms with Crippen molar-refractivity contribution < 1.29 is 27.8 Å². The highest BCUT2D eigenvalue weighted by atomic mass is 32.2. The zero-order chi connectivity index (χ0) is 16.1. The maximum atomic E-state index is 12.2. The van der Waals surface area contributed by atoms with Gasteiger partial charge in [0, 0.05) is 11.7 Å². The summed E-state index contributed by atoms with van der Waals surface area (Å²) < 4.78 is 34.8. The Morgan fingerprint density at radius 1 is 1.45 bits per heavy atom. The summed E-state index contributed by atoms with van der Waals surface area (Å²) in [5, 5.41) is 17.5. The minimum atomic E-state index is -3.68. The molecule has 8 heteroatoms. The van der Waals surface area contributed by atoms with E-state index in [0.29, 0.717) is 17.1 Å². The lowest BCUT2D eigenvalue weighted by Gasteiger charge is -2.03. The van der Waals surface area contributed by atoms with E-state index in [2.05, 4.69) is 0 Å². The van der Waals surface area contributed by atoms with Gasteiger partial charge in [-0.05, 0) is 17.7 Å². The number of fused-ring (bicyclic) bond motifs is 1. The highest BCUT2D eigenvalue weighted by molar-refractivity contribution is 7.92. The predicted octanol–water partition coefficient (Wildman–Crippen LogP) is 0.910. The maximum absolute atomic E-state index is 12.2. The number of sulfone groups is 1. The van der Waals surface area contributed by atoms with Crippen molar-refractivity contribution in [2.24, 2.45) is 5.41 Å². The lowest BCUT2D eigenvalue weighted by atomic mass is 10.0. The van der Waals surface area contributed by atoms with Crippen molar-refractivity contribution in [2.45, 2.75) is 18.1 Å². The van der Waals surface area contributed by atoms with Crippen molar-refractivity contribution in [1.82, 2.24) is 0 Å². The minimum absolute atomic E-state index is 0.0580. The van der Waals surface area contributed by atoms with Gasteiger partial charge in [0.05, 0.1) is 6.07 Å². The smallest absolute Gasteiger partial charge is 0.326 e. The van der Waals surface area contributed by atoms with E-state index >= 15 is 0 Å². The molecule has 1 N–H and O–H groups in total. The Hall–Kier alpha value is -2.27. The van der Waals surface area contributed by atoms with E-state index in [1.807, 2.05) is 0 Å². The monoisotopic (exact) mass is 323 g/mol. The van der Waals surface area contributed by atoms with Crippen LogP contribution in [0.5, 0.6) is 11.5 Å². The van der Waals surface area contributed by atoms with Crippen LogP contribution in [0.1, 0.15) is 18.4 Å². The second-order valence-electron chi connectivity index (χ2n) is 5.25. The van der Waals surface area contributed by atoms with Gasteiger partial charge in [0.15, 0.2) is 26.8 Å². The van der Waals surface area contributed by atoms with Gasteiger partial charge in [-0.1, -0.05) is 13.0 Å². The maximum Gasteiger partial charge on any atom is 0.326 e. The molecule has 22 heavy (non-hydrogen) atoms. The van der Waals surface area contributed by atoms with Crippen LogP contribution >= 0.6 is 0 Å². The zero-order valence-corrected chi connectivity index (χ0v) is 12.5. The molecule has 3 rings (SSSR count). The molecule has 116 valence electrons. The molecular formula is C14H13NO6S. The molecule has 1 heterocycles. The molecule has 1 fully saturated rings. The molecule has 0 radical (unpaired) electrons. The summed E-state index contributed by atoms with van der Waals surface area (Å²) in [5.74, 6) is -1.60. The molecule has 1 aliphatic carbocycles. The largest absolute Gasteiger partial charge is 0.480 e. The predicted molar refractivity (Wildman–Crippen MR) is 74.2 cm³/mol. The summed E-state index contributed by atoms with van der Waals surface area (Å²) in [6.45, 7) is 1.50. The molecule has 3 atom stereocenters. The number of rotatable bonds is 4. The van der Waals surface area contributed by atoms with Crippen LogP contribution in [-0.2, 0) is 14.6 Å². The number of hydrogen-bond donors (Lipinski definition) is 1. The van der Waals surface area contributed by atoms with E-state index in [1.54, 1.807) is 24.3 Å². The van der Waals surface area contributed by atoms with Crippen molar-refractivity contribution in [3.05, 3.63) is 23.8 Å². The number of hydrogen-bond acceptors (Lipinski definition) is 6. The second-order valence-corrected chi connectivity index (χ2v) is 7.66. The molecule has 0 amide bonds. The van der Waals surface area contributed by atoms with Gasteiger partial charge >= 0.3 is 5.97 Å². The number of ether oxygens (including phenoxy) is 2. The van der Waals surface area contributed by atoms with E-state index in [1.165, 1.54) is 6.92 Å². The number of nitrogens with zero attached hydrogens (tertiary/aromatic N) is 1. The highest BCUT2D eigenvalue weighted by Gasteiger charge is 2.76. The van der Waals surface area contributed by atoms with E-state index < -0.39 is 32.4 Å². The van der Waals surface area contributed by atoms with Gasteiger partial charge in [0.2, 0.25) is 6.79 Å². The standard InChI is InChI=1S/C14H13NO6S/c1-2-22(18,19)12-11(14(12,6-15)13(16)17)8-3-4-9-10(5-8)21-7-20-9/h3-5,11-12H,2,7H2,1H3,(H,16,17)/t11-,12+,14-/m0/s1. The van der Waals surface area contributed by atoms with Crippen molar-refractivity contribution >= 4 is 15.8 Å². The van der Waals surface area contributed by atoms with Crippen molar-refractivity contribution in [2.75, 3.05) is 12.5 Å². The normalized spacial score (nSPS) is 28.9. The Morgan fingerprint density at radius 2 is 2.14 bits per heavy atom. The Morgan fingerprint density at radius 3 is 2.73 bits per heavy atom. The fourth-order valence-electron chi connectivity index (χ4n) is 3.01. The summed E-state index contributed by atoms with van der Waals surface area (Å²) in [6.07, 6.45) is 0. The SMILES string of the molecule is CCS(=O)(=O)[C@@H]1[C@H](c2ccc3c(c2)OCO3)[C@]1(C#N)C(=O)O. The van der Waals surface area contributed by atoms with Crippen molar-refractivity contribution in [1.29, 1.82) is 5.26 Å². The topological polar surface area (TPSA) is 114 Å². The Balaban J connectivity index is 2.09. The first-order valence-corrected chi connectivity index (χ1v) is 8.35. The van der Waals surface area contributed by atoms with Gasteiger partial charge in [-0.15, -0.1) is 0 Å². The van der Waals surface area contributed by atoms with Gasteiger partial charge in [0.1, 0.15) is 5.25 Å². The fourth-order valence-corrected chi connectivity index (χ4v) is 4.94. The van der Waals surface area contributed by atoms with Gasteiger partial charge < -0.3 is 14.6 Å². The third-order valence-electron chi connectivity index (χ3n) is 4.22. The Kier molecular flexibility index (Phi) is 3.07. The van der Waals surface area contributed by atoms with Crippen LogP contribution in [0.25, 0.3) is 0 Å². The molecule has 0 spiro atoms. The van der Waals surface area contributed by atoms with E-state index in [-0.39, 0.29) is 12.5 Å². The average Bonchev–Trinajstić information content (AvgIpc) is 3.00. The molecule has 0 unspecified atom stereocenters. The Bertz CT molecular complexity index is 796. The molecule has 2 aliphatic rings. The third kappa shape index (κ3) is 1.78. The number of carboxylic acid groups (broad SMARTS) is 1. The van der Waals surface area contributed by atoms with Gasteiger partial charge in [0.25, 0.3) is 0 Å². The lowest BCUT2D eigenvalue weighted by Crippen LogP contribution is -2.23. The van der Waals surface area contributed by atoms with Gasteiger partial charge in [-0.25, -0.2) is 8.42 Å². The molecule has 7 nitrogen and oxygen atoms in total. The van der Waals surface area contributed by atoms with Crippen LogP contribution in [0.15, 0.2) is 18.2 Å². The second kappa shape index (κ2) is 4.61. The number of carboxylic acids is 1. The molecule has 0 saturated heterocycles. The third-order valence-corrected chi connectivity index (χ3v) is 6.44. The summed E-state index contributed by atoms with van der Waals surface area (Å²) >= 11 is 0. The first-order valence-electron chi connectivity index (χ1n) is 6.64. The van der Waals surface area contributed by atoms with Gasteiger partial charge in [-0.3, -0.25) is 4.79 Å². The molecule has 1 aliphatic heterocycles. The van der Waals surface area contributed by atoms with Crippen LogP contribution in [0.2, 0.25) is 0 Å². The quantitative estimate of drug-likeness (QED) is 0.876. The number of aliphatic carboxylic acids is 1. The fraction of sp³-hybridized carbons (Fsp3) is 0.429. The highest BCUT2D eigenvalue weighted by Crippen LogP contribution is 2.63. The van der Waals surface area contributed by atoms with Crippen LogP contribution in [-0.4, -0.2) is 37.3 Å².